The summed E-state index contributed by atoms with van der Waals surface area (Å²) < 4.78 is 39.3. The van der Waals surface area contributed by atoms with E-state index in [9.17, 15) is 8.78 Å². The van der Waals surface area contributed by atoms with Crippen LogP contribution < -0.4 is 20.3 Å². The Bertz CT molecular complexity index is 1180. The van der Waals surface area contributed by atoms with Crippen molar-refractivity contribution >= 4 is 12.0 Å². The van der Waals surface area contributed by atoms with E-state index in [0.29, 0.717) is 55.3 Å². The molecule has 2 aromatic heterocycles. The van der Waals surface area contributed by atoms with Gasteiger partial charge < -0.3 is 24.8 Å². The predicted octanol–water partition coefficient (Wildman–Crippen LogP) is 3.88. The maximum Gasteiger partial charge on any atom is 0.324 e. The lowest BCUT2D eigenvalue weighted by atomic mass is 9.85. The summed E-state index contributed by atoms with van der Waals surface area (Å²) in [4.78, 5) is 17.5. The van der Waals surface area contributed by atoms with E-state index in [0.717, 1.165) is 43.9 Å². The molecule has 2 saturated heterocycles. The molecule has 0 radical (unpaired) electrons. The van der Waals surface area contributed by atoms with Crippen LogP contribution in [0, 0.1) is 17.6 Å². The minimum atomic E-state index is -0.456. The van der Waals surface area contributed by atoms with Gasteiger partial charge in [0.2, 0.25) is 5.95 Å². The van der Waals surface area contributed by atoms with Gasteiger partial charge in [-0.05, 0) is 48.9 Å². The summed E-state index contributed by atoms with van der Waals surface area (Å²) in [6, 6.07) is 3.76. The van der Waals surface area contributed by atoms with E-state index >= 15 is 0 Å². The molecular formula is C26H33F2N7O2. The quantitative estimate of drug-likeness (QED) is 0.504. The van der Waals surface area contributed by atoms with Gasteiger partial charge in [0.05, 0.1) is 19.0 Å². The molecule has 2 fully saturated rings. The third kappa shape index (κ3) is 5.82. The van der Waals surface area contributed by atoms with Gasteiger partial charge in [-0.1, -0.05) is 19.0 Å². The van der Waals surface area contributed by atoms with E-state index < -0.39 is 11.6 Å². The first-order valence-electron chi connectivity index (χ1n) is 12.9. The summed E-state index contributed by atoms with van der Waals surface area (Å²) >= 11 is 0. The second-order valence-electron chi connectivity index (χ2n) is 10.2. The number of halogens is 2. The van der Waals surface area contributed by atoms with Gasteiger partial charge in [0.15, 0.2) is 11.6 Å². The molecule has 198 valence electrons. The molecule has 0 aliphatic carbocycles. The summed E-state index contributed by atoms with van der Waals surface area (Å²) in [6.07, 6.45) is 5.87. The normalized spacial score (nSPS) is 21.0. The molecule has 0 bridgehead atoms. The van der Waals surface area contributed by atoms with E-state index in [2.05, 4.69) is 25.0 Å². The molecule has 2 atom stereocenters. The number of nitrogens with two attached hydrogens (primary N) is 1. The fourth-order valence-corrected chi connectivity index (χ4v) is 4.99. The lowest BCUT2D eigenvalue weighted by Crippen LogP contribution is -2.48. The molecule has 0 amide bonds. The highest BCUT2D eigenvalue weighted by Gasteiger charge is 2.31. The first-order valence-corrected chi connectivity index (χ1v) is 12.9. The van der Waals surface area contributed by atoms with E-state index in [1.165, 1.54) is 6.07 Å². The number of piperidine rings is 2. The molecule has 4 heterocycles. The van der Waals surface area contributed by atoms with Crippen LogP contribution in [-0.4, -0.2) is 58.9 Å². The van der Waals surface area contributed by atoms with E-state index in [1.807, 2.05) is 18.7 Å². The molecule has 0 spiro atoms. The highest BCUT2D eigenvalue weighted by atomic mass is 19.1. The Kier molecular flexibility index (Phi) is 7.50. The summed E-state index contributed by atoms with van der Waals surface area (Å²) in [5.74, 6) is 1.43. The van der Waals surface area contributed by atoms with Crippen LogP contribution in [0.5, 0.6) is 5.75 Å². The fraction of sp³-hybridized carbons (Fsp3) is 0.538. The molecule has 2 aliphatic rings. The van der Waals surface area contributed by atoms with Crippen LogP contribution in [0.2, 0.25) is 0 Å². The molecule has 1 aromatic carbocycles. The maximum atomic E-state index is 14.2. The largest absolute Gasteiger partial charge is 0.490 e. The summed E-state index contributed by atoms with van der Waals surface area (Å²) in [6.45, 7) is 7.43. The minimum Gasteiger partial charge on any atom is -0.490 e. The Labute approximate surface area is 215 Å². The van der Waals surface area contributed by atoms with Crippen molar-refractivity contribution in [3.8, 4) is 5.75 Å². The number of rotatable bonds is 7. The number of hydrogen-bond donors (Lipinski definition) is 1. The lowest BCUT2D eigenvalue weighted by molar-refractivity contribution is 0.219. The zero-order valence-electron chi connectivity index (χ0n) is 21.2. The third-order valence-corrected chi connectivity index (χ3v) is 7.23. The van der Waals surface area contributed by atoms with Crippen LogP contribution in [0.1, 0.15) is 56.3 Å². The molecule has 5 rings (SSSR count). The molecule has 2 N–H and O–H groups in total. The summed E-state index contributed by atoms with van der Waals surface area (Å²) in [5, 5.41) is 4.05. The van der Waals surface area contributed by atoms with Gasteiger partial charge in [-0.25, -0.2) is 18.7 Å². The van der Waals surface area contributed by atoms with E-state index in [1.54, 1.807) is 12.4 Å². The topological polar surface area (TPSA) is 106 Å². The first kappa shape index (κ1) is 25.3. The van der Waals surface area contributed by atoms with Gasteiger partial charge in [-0.2, -0.15) is 4.98 Å². The van der Waals surface area contributed by atoms with Crippen molar-refractivity contribution in [3.05, 3.63) is 53.6 Å². The van der Waals surface area contributed by atoms with Crippen molar-refractivity contribution in [2.75, 3.05) is 42.6 Å². The van der Waals surface area contributed by atoms with Crippen LogP contribution in [0.15, 0.2) is 35.1 Å². The highest BCUT2D eigenvalue weighted by Crippen LogP contribution is 2.31. The van der Waals surface area contributed by atoms with Crippen molar-refractivity contribution in [2.24, 2.45) is 11.7 Å². The molecule has 9 nitrogen and oxygen atoms in total. The predicted molar refractivity (Wildman–Crippen MR) is 135 cm³/mol. The van der Waals surface area contributed by atoms with Crippen molar-refractivity contribution in [1.29, 1.82) is 0 Å². The molecule has 3 aromatic rings. The van der Waals surface area contributed by atoms with Crippen molar-refractivity contribution < 1.29 is 18.0 Å². The number of aromatic nitrogens is 4. The molecule has 11 heteroatoms. The molecule has 0 unspecified atom stereocenters. The van der Waals surface area contributed by atoms with Crippen molar-refractivity contribution in [2.45, 2.75) is 51.0 Å². The van der Waals surface area contributed by atoms with Gasteiger partial charge in [-0.3, -0.25) is 0 Å². The standard InChI is InChI=1S/C26H33F2N7O2/c1-16(2)24-32-26(37-33-24)34-8-5-17(6-9-34)15-36-19-12-30-25(31-13-19)35-10-7-20(23(29)14-35)21-11-18(27)3-4-22(21)28/h3-4,11-13,16-17,20,23H,5-10,14-15,29H2,1-2H3/t20-,23+/m1/s1. The average Bonchev–Trinajstić information content (AvgIpc) is 3.41. The monoisotopic (exact) mass is 513 g/mol. The second kappa shape index (κ2) is 11.0. The Morgan fingerprint density at radius 3 is 2.49 bits per heavy atom. The number of nitrogens with zero attached hydrogens (tertiary/aromatic N) is 6. The Hall–Kier alpha value is -3.34. The fourth-order valence-electron chi connectivity index (χ4n) is 4.99. The first-order chi connectivity index (χ1) is 17.9. The summed E-state index contributed by atoms with van der Waals surface area (Å²) in [7, 11) is 0. The van der Waals surface area contributed by atoms with Gasteiger partial charge in [0.25, 0.3) is 0 Å². The zero-order valence-corrected chi connectivity index (χ0v) is 21.2. The Balaban J connectivity index is 1.09. The van der Waals surface area contributed by atoms with E-state index in [-0.39, 0.29) is 17.9 Å². The number of hydrogen-bond acceptors (Lipinski definition) is 9. The molecule has 2 aliphatic heterocycles. The minimum absolute atomic E-state index is 0.241. The van der Waals surface area contributed by atoms with Crippen molar-refractivity contribution in [3.63, 3.8) is 0 Å². The average molecular weight is 514 g/mol. The summed E-state index contributed by atoms with van der Waals surface area (Å²) in [5.41, 5.74) is 6.68. The molecule has 37 heavy (non-hydrogen) atoms. The van der Waals surface area contributed by atoms with Gasteiger partial charge in [0, 0.05) is 44.1 Å². The van der Waals surface area contributed by atoms with Crippen LogP contribution >= 0.6 is 0 Å². The van der Waals surface area contributed by atoms with Crippen LogP contribution in [0.4, 0.5) is 20.7 Å². The zero-order chi connectivity index (χ0) is 25.9. The molecular weight excluding hydrogens is 480 g/mol. The SMILES string of the molecule is CC(C)c1noc(N2CCC(COc3cnc(N4CC[C@H](c5cc(F)ccc5F)[C@@H](N)C4)nc3)CC2)n1. The van der Waals surface area contributed by atoms with Crippen molar-refractivity contribution in [1.82, 2.24) is 20.1 Å². The van der Waals surface area contributed by atoms with Gasteiger partial charge >= 0.3 is 6.01 Å². The van der Waals surface area contributed by atoms with Crippen LogP contribution in [0.3, 0.4) is 0 Å². The third-order valence-electron chi connectivity index (χ3n) is 7.23. The Morgan fingerprint density at radius 1 is 1.08 bits per heavy atom. The van der Waals surface area contributed by atoms with Crippen LogP contribution in [-0.2, 0) is 0 Å². The van der Waals surface area contributed by atoms with Crippen LogP contribution in [0.25, 0.3) is 0 Å². The smallest absolute Gasteiger partial charge is 0.324 e. The Morgan fingerprint density at radius 2 is 1.81 bits per heavy atom. The number of ether oxygens (including phenoxy) is 1. The molecule has 0 saturated carbocycles. The van der Waals surface area contributed by atoms with Gasteiger partial charge in [0.1, 0.15) is 11.6 Å². The lowest BCUT2D eigenvalue weighted by Gasteiger charge is -2.37. The van der Waals surface area contributed by atoms with E-state index in [4.69, 9.17) is 15.0 Å². The maximum absolute atomic E-state index is 14.2. The number of anilines is 2. The number of benzene rings is 1. The second-order valence-corrected chi connectivity index (χ2v) is 10.2. The van der Waals surface area contributed by atoms with Gasteiger partial charge in [-0.15, -0.1) is 0 Å². The highest BCUT2D eigenvalue weighted by molar-refractivity contribution is 5.35.